The van der Waals surface area contributed by atoms with Crippen LogP contribution in [0.15, 0.2) is 11.6 Å². The number of hydrogen-bond acceptors (Lipinski definition) is 6. The van der Waals surface area contributed by atoms with Gasteiger partial charge in [-0.1, -0.05) is 11.6 Å². The molecular weight excluding hydrogens is 400 g/mol. The van der Waals surface area contributed by atoms with Gasteiger partial charge in [0.1, 0.15) is 23.4 Å². The lowest BCUT2D eigenvalue weighted by molar-refractivity contribution is -0.128. The molecule has 2 spiro atoms. The molecule has 6 atom stereocenters. The van der Waals surface area contributed by atoms with Crippen molar-refractivity contribution in [1.29, 1.82) is 0 Å². The van der Waals surface area contributed by atoms with Gasteiger partial charge < -0.3 is 29.2 Å². The summed E-state index contributed by atoms with van der Waals surface area (Å²) in [6.45, 7) is 8.82. The normalized spacial score (nSPS) is 42.2. The first-order valence-electron chi connectivity index (χ1n) is 11.4. The van der Waals surface area contributed by atoms with E-state index in [1.165, 1.54) is 5.57 Å². The van der Waals surface area contributed by atoms with Gasteiger partial charge in [0.15, 0.2) is 0 Å². The number of carbonyl (C=O) groups excluding carboxylic acids is 2. The van der Waals surface area contributed by atoms with Crippen LogP contribution in [0.4, 0.5) is 4.79 Å². The topological polar surface area (TPSA) is 92.9 Å². The number of carbonyl (C=O) groups is 2. The molecule has 0 bridgehead atoms. The fraction of sp³-hybridized carbons (Fsp3) is 0.826. The lowest BCUT2D eigenvalue weighted by Crippen LogP contribution is -2.61. The molecule has 4 unspecified atom stereocenters. The summed E-state index contributed by atoms with van der Waals surface area (Å²) in [5, 5.41) is 2.87. The number of methoxy groups -OCH3 is 1. The van der Waals surface area contributed by atoms with Crippen molar-refractivity contribution in [3.05, 3.63) is 11.6 Å². The van der Waals surface area contributed by atoms with E-state index >= 15 is 0 Å². The Morgan fingerprint density at radius 2 is 2.10 bits per heavy atom. The maximum atomic E-state index is 12.8. The minimum atomic E-state index is -0.342. The highest BCUT2D eigenvalue weighted by Crippen LogP contribution is 2.59. The van der Waals surface area contributed by atoms with Crippen molar-refractivity contribution >= 4 is 12.0 Å². The van der Waals surface area contributed by atoms with Crippen LogP contribution in [-0.4, -0.2) is 79.8 Å². The number of likely N-dealkylation sites (tertiary alicyclic amines) is 1. The third-order valence-electron chi connectivity index (χ3n) is 8.00. The van der Waals surface area contributed by atoms with Crippen molar-refractivity contribution in [3.8, 4) is 0 Å². The Kier molecular flexibility index (Phi) is 4.92. The minimum Gasteiger partial charge on any atom is -0.443 e. The summed E-state index contributed by atoms with van der Waals surface area (Å²) in [5.41, 5.74) is 0.603. The quantitative estimate of drug-likeness (QED) is 0.526. The molecule has 1 saturated carbocycles. The molecule has 4 heterocycles. The Hall–Kier alpha value is -1.64. The fourth-order valence-electron chi connectivity index (χ4n) is 6.14. The Morgan fingerprint density at radius 3 is 2.68 bits per heavy atom. The predicted molar refractivity (Wildman–Crippen MR) is 111 cm³/mol. The van der Waals surface area contributed by atoms with Crippen LogP contribution in [0, 0.1) is 11.3 Å². The zero-order valence-electron chi connectivity index (χ0n) is 18.9. The van der Waals surface area contributed by atoms with E-state index in [2.05, 4.69) is 32.2 Å². The second-order valence-electron chi connectivity index (χ2n) is 10.6. The summed E-state index contributed by atoms with van der Waals surface area (Å²) < 4.78 is 24.1. The SMILES string of the molecule is COC1C(OC(=O)N2CC3(CNC(=O)C3)C2)CCC2(CO2)C1[C@@]1(C)O[C@@H]1CC=C(C)C. The van der Waals surface area contributed by atoms with Gasteiger partial charge in [0, 0.05) is 38.6 Å². The first-order valence-corrected chi connectivity index (χ1v) is 11.4. The van der Waals surface area contributed by atoms with Crippen molar-refractivity contribution in [2.24, 2.45) is 11.3 Å². The summed E-state index contributed by atoms with van der Waals surface area (Å²) >= 11 is 0. The highest BCUT2D eigenvalue weighted by molar-refractivity contribution is 5.80. The number of allylic oxidation sites excluding steroid dienone is 1. The average molecular weight is 435 g/mol. The van der Waals surface area contributed by atoms with Gasteiger partial charge in [-0.25, -0.2) is 4.79 Å². The maximum absolute atomic E-state index is 12.8. The van der Waals surface area contributed by atoms with Gasteiger partial charge in [-0.3, -0.25) is 4.79 Å². The van der Waals surface area contributed by atoms with E-state index in [0.29, 0.717) is 39.1 Å². The Labute approximate surface area is 183 Å². The smallest absolute Gasteiger partial charge is 0.410 e. The number of hydrogen-bond donors (Lipinski definition) is 1. The number of amides is 2. The number of ether oxygens (including phenoxy) is 4. The molecule has 0 radical (unpaired) electrons. The number of rotatable bonds is 5. The lowest BCUT2D eigenvalue weighted by atomic mass is 9.68. The minimum absolute atomic E-state index is 0.0199. The number of nitrogens with zero attached hydrogens (tertiary/aromatic N) is 1. The summed E-state index contributed by atoms with van der Waals surface area (Å²) in [6.07, 6.45) is 4.34. The summed E-state index contributed by atoms with van der Waals surface area (Å²) in [5.74, 6) is 0.0872. The summed E-state index contributed by atoms with van der Waals surface area (Å²) in [7, 11) is 1.69. The Bertz CT molecular complexity index is 798. The van der Waals surface area contributed by atoms with Crippen LogP contribution in [0.5, 0.6) is 0 Å². The summed E-state index contributed by atoms with van der Waals surface area (Å²) in [4.78, 5) is 26.1. The van der Waals surface area contributed by atoms with Crippen LogP contribution >= 0.6 is 0 Å². The molecule has 31 heavy (non-hydrogen) atoms. The van der Waals surface area contributed by atoms with Crippen LogP contribution in [0.1, 0.15) is 46.5 Å². The molecule has 8 nitrogen and oxygen atoms in total. The molecule has 8 heteroatoms. The van der Waals surface area contributed by atoms with E-state index in [9.17, 15) is 9.59 Å². The molecule has 172 valence electrons. The lowest BCUT2D eigenvalue weighted by Gasteiger charge is -2.48. The van der Waals surface area contributed by atoms with E-state index < -0.39 is 0 Å². The van der Waals surface area contributed by atoms with Crippen LogP contribution in [-0.2, 0) is 23.7 Å². The van der Waals surface area contributed by atoms with Crippen LogP contribution in [0.3, 0.4) is 0 Å². The van der Waals surface area contributed by atoms with Gasteiger partial charge >= 0.3 is 6.09 Å². The summed E-state index contributed by atoms with van der Waals surface area (Å²) in [6, 6.07) is 0. The molecular formula is C23H34N2O6. The van der Waals surface area contributed by atoms with Gasteiger partial charge in [0.25, 0.3) is 0 Å². The van der Waals surface area contributed by atoms with E-state index in [1.807, 2.05) is 0 Å². The van der Waals surface area contributed by atoms with Crippen molar-refractivity contribution in [1.82, 2.24) is 10.2 Å². The maximum Gasteiger partial charge on any atom is 0.410 e. The van der Waals surface area contributed by atoms with Crippen molar-refractivity contribution in [2.75, 3.05) is 33.4 Å². The van der Waals surface area contributed by atoms with Gasteiger partial charge in [-0.05, 0) is 40.0 Å². The Morgan fingerprint density at radius 1 is 1.35 bits per heavy atom. The molecule has 5 rings (SSSR count). The molecule has 5 aliphatic rings. The van der Waals surface area contributed by atoms with Crippen molar-refractivity contribution in [3.63, 3.8) is 0 Å². The van der Waals surface area contributed by atoms with E-state index in [4.69, 9.17) is 18.9 Å². The van der Waals surface area contributed by atoms with Crippen molar-refractivity contribution < 1.29 is 28.5 Å². The standard InChI is InChI=1S/C23H34N2O6/c1-14(2)5-6-16-21(3,31-16)19-18(28-4)15(7-8-23(19)13-29-23)30-20(27)25-11-22(12-25)9-17(26)24-10-22/h5,15-16,18-19H,6-13H2,1-4H3,(H,24,26)/t15?,16-,18?,19?,21+,23?/m1/s1. The zero-order chi connectivity index (χ0) is 22.0. The monoisotopic (exact) mass is 434 g/mol. The van der Waals surface area contributed by atoms with E-state index in [0.717, 1.165) is 12.8 Å². The van der Waals surface area contributed by atoms with Gasteiger partial charge in [-0.15, -0.1) is 0 Å². The van der Waals surface area contributed by atoms with E-state index in [-0.39, 0.29) is 52.8 Å². The van der Waals surface area contributed by atoms with Gasteiger partial charge in [0.05, 0.1) is 18.6 Å². The number of epoxide rings is 2. The largest absolute Gasteiger partial charge is 0.443 e. The van der Waals surface area contributed by atoms with E-state index in [1.54, 1.807) is 12.0 Å². The first-order chi connectivity index (χ1) is 14.7. The molecule has 0 aromatic heterocycles. The molecule has 2 amide bonds. The highest BCUT2D eigenvalue weighted by Gasteiger charge is 2.72. The molecule has 5 fully saturated rings. The fourth-order valence-corrected chi connectivity index (χ4v) is 6.14. The average Bonchev–Trinajstić information content (AvgIpc) is 3.56. The molecule has 0 aromatic carbocycles. The van der Waals surface area contributed by atoms with Crippen LogP contribution in [0.2, 0.25) is 0 Å². The molecule has 4 saturated heterocycles. The molecule has 4 aliphatic heterocycles. The van der Waals surface area contributed by atoms with Gasteiger partial charge in [0.2, 0.25) is 5.91 Å². The van der Waals surface area contributed by atoms with Crippen molar-refractivity contribution in [2.45, 2.75) is 76.0 Å². The first kappa shape index (κ1) is 21.2. The van der Waals surface area contributed by atoms with Crippen LogP contribution < -0.4 is 5.32 Å². The molecule has 1 N–H and O–H groups in total. The molecule has 1 aliphatic carbocycles. The Balaban J connectivity index is 1.25. The molecule has 0 aromatic rings. The third-order valence-corrected chi connectivity index (χ3v) is 8.00. The van der Waals surface area contributed by atoms with Crippen LogP contribution in [0.25, 0.3) is 0 Å². The van der Waals surface area contributed by atoms with Gasteiger partial charge in [-0.2, -0.15) is 0 Å². The zero-order valence-corrected chi connectivity index (χ0v) is 18.9. The predicted octanol–water partition coefficient (Wildman–Crippen LogP) is 2.02. The third kappa shape index (κ3) is 3.56. The number of nitrogens with one attached hydrogen (secondary N) is 1. The second kappa shape index (κ2) is 7.18. The second-order valence-corrected chi connectivity index (χ2v) is 10.6. The highest BCUT2D eigenvalue weighted by atomic mass is 16.6.